The van der Waals surface area contributed by atoms with E-state index in [4.69, 9.17) is 5.53 Å². The fourth-order valence-corrected chi connectivity index (χ4v) is 1.99. The second-order valence-corrected chi connectivity index (χ2v) is 5.59. The summed E-state index contributed by atoms with van der Waals surface area (Å²) in [6.45, 7) is 5.79. The minimum absolute atomic E-state index is 0.0624. The molecule has 0 aromatic carbocycles. The highest BCUT2D eigenvalue weighted by atomic mass is 16.3. The molecular formula is C20H30N2O2. The first kappa shape index (κ1) is 22.0. The fraction of sp³-hybridized carbons (Fsp3) is 0.500. The van der Waals surface area contributed by atoms with Crippen LogP contribution in [-0.2, 0) is 4.79 Å². The van der Waals surface area contributed by atoms with E-state index in [1.54, 1.807) is 18.2 Å². The van der Waals surface area contributed by atoms with Crippen LogP contribution in [0.1, 0.15) is 58.3 Å². The normalized spacial score (nSPS) is 12.8. The maximum Gasteiger partial charge on any atom is 0.338 e. The third-order valence-electron chi connectivity index (χ3n) is 3.41. The highest BCUT2D eigenvalue weighted by Crippen LogP contribution is 2.02. The van der Waals surface area contributed by atoms with E-state index >= 15 is 0 Å². The van der Waals surface area contributed by atoms with Crippen LogP contribution in [0.3, 0.4) is 0 Å². The Hall–Kier alpha value is -2.03. The zero-order chi connectivity index (χ0) is 18.0. The van der Waals surface area contributed by atoms with Gasteiger partial charge in [0, 0.05) is 6.42 Å². The fourth-order valence-electron chi connectivity index (χ4n) is 1.99. The molecule has 4 nitrogen and oxygen atoms in total. The summed E-state index contributed by atoms with van der Waals surface area (Å²) in [6, 6.07) is 0. The van der Waals surface area contributed by atoms with Gasteiger partial charge < -0.3 is 10.6 Å². The molecule has 24 heavy (non-hydrogen) atoms. The van der Waals surface area contributed by atoms with Crippen LogP contribution in [0, 0.1) is 0 Å². The SMILES string of the molecule is C=CCC/C=C\CC(=[N+]=[N-])C(=O)CC(O)/C=C/C=C/CCCCC. The molecule has 0 fully saturated rings. The van der Waals surface area contributed by atoms with Crippen molar-refractivity contribution in [2.24, 2.45) is 0 Å². The first-order valence-electron chi connectivity index (χ1n) is 8.67. The Bertz CT molecular complexity index is 498. The van der Waals surface area contributed by atoms with E-state index in [2.05, 4.69) is 24.4 Å². The van der Waals surface area contributed by atoms with Gasteiger partial charge in [-0.25, -0.2) is 0 Å². The number of rotatable bonds is 14. The van der Waals surface area contributed by atoms with Gasteiger partial charge in [-0.3, -0.25) is 4.79 Å². The van der Waals surface area contributed by atoms with E-state index in [0.29, 0.717) is 0 Å². The average Bonchev–Trinajstić information content (AvgIpc) is 2.57. The number of Topliss-reactive ketones (excluding diaryl/α,β-unsaturated/α-hetero) is 1. The van der Waals surface area contributed by atoms with Crippen molar-refractivity contribution in [1.82, 2.24) is 0 Å². The second-order valence-electron chi connectivity index (χ2n) is 5.59. The quantitative estimate of drug-likeness (QED) is 0.126. The molecule has 1 N–H and O–H groups in total. The number of ketones is 1. The molecule has 0 heterocycles. The summed E-state index contributed by atoms with van der Waals surface area (Å²) in [5.74, 6) is -0.352. The van der Waals surface area contributed by atoms with Gasteiger partial charge in [-0.2, -0.15) is 4.79 Å². The van der Waals surface area contributed by atoms with Crippen LogP contribution in [0.2, 0.25) is 0 Å². The topological polar surface area (TPSA) is 73.7 Å². The zero-order valence-electron chi connectivity index (χ0n) is 14.7. The minimum atomic E-state index is -0.876. The predicted molar refractivity (Wildman–Crippen MR) is 99.9 cm³/mol. The Kier molecular flexibility index (Phi) is 14.5. The van der Waals surface area contributed by atoms with Crippen LogP contribution in [0.4, 0.5) is 0 Å². The summed E-state index contributed by atoms with van der Waals surface area (Å²) in [7, 11) is 0. The Morgan fingerprint density at radius 1 is 1.17 bits per heavy atom. The monoisotopic (exact) mass is 330 g/mol. The molecule has 4 heteroatoms. The average molecular weight is 330 g/mol. The zero-order valence-corrected chi connectivity index (χ0v) is 14.7. The van der Waals surface area contributed by atoms with Crippen LogP contribution in [0.15, 0.2) is 49.1 Å². The molecule has 0 aliphatic rings. The summed E-state index contributed by atoms with van der Waals surface area (Å²) in [4.78, 5) is 15.0. The largest absolute Gasteiger partial charge is 0.389 e. The molecule has 0 aromatic rings. The lowest BCUT2D eigenvalue weighted by Crippen LogP contribution is -2.20. The number of hydrogen-bond donors (Lipinski definition) is 1. The highest BCUT2D eigenvalue weighted by Gasteiger charge is 2.20. The lowest BCUT2D eigenvalue weighted by atomic mass is 10.1. The number of nitrogens with zero attached hydrogens (tertiary/aromatic N) is 2. The van der Waals surface area contributed by atoms with Crippen molar-refractivity contribution in [3.63, 3.8) is 0 Å². The summed E-state index contributed by atoms with van der Waals surface area (Å²) in [5, 5.41) is 9.84. The molecule has 1 atom stereocenters. The van der Waals surface area contributed by atoms with Gasteiger partial charge in [-0.05, 0) is 25.7 Å². The molecule has 1 unspecified atom stereocenters. The first-order chi connectivity index (χ1) is 11.7. The predicted octanol–water partition coefficient (Wildman–Crippen LogP) is 4.58. The van der Waals surface area contributed by atoms with E-state index < -0.39 is 6.10 Å². The van der Waals surface area contributed by atoms with Gasteiger partial charge in [0.2, 0.25) is 5.78 Å². The molecule has 0 saturated heterocycles. The van der Waals surface area contributed by atoms with E-state index in [-0.39, 0.29) is 24.3 Å². The third-order valence-corrected chi connectivity index (χ3v) is 3.41. The number of hydrogen-bond acceptors (Lipinski definition) is 2. The second kappa shape index (κ2) is 15.9. The van der Waals surface area contributed by atoms with Crippen molar-refractivity contribution in [2.45, 2.75) is 64.4 Å². The standard InChI is InChI=1S/C20H30N2O2/c1-3-5-7-9-10-12-13-15-18(23)17-20(24)19(22-21)16-14-11-8-6-4-2/h4,10-15,18,23H,2-3,5-9,16-17H2,1H3/b12-10+,14-11-,15-13+. The summed E-state index contributed by atoms with van der Waals surface area (Å²) in [5.41, 5.74) is 9.00. The van der Waals surface area contributed by atoms with Crippen LogP contribution >= 0.6 is 0 Å². The Balaban J connectivity index is 4.19. The van der Waals surface area contributed by atoms with Gasteiger partial charge in [0.15, 0.2) is 0 Å². The number of carbonyl (C=O) groups is 1. The first-order valence-corrected chi connectivity index (χ1v) is 8.67. The molecule has 0 radical (unpaired) electrons. The van der Waals surface area contributed by atoms with Gasteiger partial charge in [-0.15, -0.1) is 6.58 Å². The molecular weight excluding hydrogens is 300 g/mol. The van der Waals surface area contributed by atoms with Gasteiger partial charge in [0.25, 0.3) is 0 Å². The van der Waals surface area contributed by atoms with Crippen LogP contribution in [-0.4, -0.2) is 27.5 Å². The van der Waals surface area contributed by atoms with Crippen molar-refractivity contribution in [1.29, 1.82) is 0 Å². The van der Waals surface area contributed by atoms with Gasteiger partial charge >= 0.3 is 5.71 Å². The molecule has 0 aliphatic heterocycles. The lowest BCUT2D eigenvalue weighted by molar-refractivity contribution is -0.118. The smallest absolute Gasteiger partial charge is 0.338 e. The maximum atomic E-state index is 12.0. The van der Waals surface area contributed by atoms with E-state index in [0.717, 1.165) is 19.3 Å². The van der Waals surface area contributed by atoms with Gasteiger partial charge in [-0.1, -0.05) is 62.3 Å². The lowest BCUT2D eigenvalue weighted by Gasteiger charge is -2.00. The molecule has 0 aliphatic carbocycles. The van der Waals surface area contributed by atoms with Crippen molar-refractivity contribution < 1.29 is 14.7 Å². The minimum Gasteiger partial charge on any atom is -0.389 e. The number of unbranched alkanes of at least 4 members (excludes halogenated alkanes) is 4. The van der Waals surface area contributed by atoms with E-state index in [9.17, 15) is 9.90 Å². The number of allylic oxidation sites excluding steroid dienone is 6. The number of aliphatic hydroxyl groups excluding tert-OH is 1. The Morgan fingerprint density at radius 2 is 1.96 bits per heavy atom. The molecule has 132 valence electrons. The van der Waals surface area contributed by atoms with E-state index in [1.165, 1.54) is 19.3 Å². The number of carbonyl (C=O) groups excluding carboxylic acids is 1. The maximum absolute atomic E-state index is 12.0. The van der Waals surface area contributed by atoms with Crippen LogP contribution < -0.4 is 0 Å². The molecule has 0 amide bonds. The van der Waals surface area contributed by atoms with Gasteiger partial charge in [0.1, 0.15) is 0 Å². The van der Waals surface area contributed by atoms with Crippen LogP contribution in [0.5, 0.6) is 0 Å². The molecule has 0 rings (SSSR count). The van der Waals surface area contributed by atoms with Crippen molar-refractivity contribution in [3.05, 3.63) is 54.6 Å². The summed E-state index contributed by atoms with van der Waals surface area (Å²) in [6.07, 6.45) is 18.4. The van der Waals surface area contributed by atoms with Crippen molar-refractivity contribution in [2.75, 3.05) is 0 Å². The third kappa shape index (κ3) is 12.5. The van der Waals surface area contributed by atoms with Crippen molar-refractivity contribution in [3.8, 4) is 0 Å². The summed E-state index contributed by atoms with van der Waals surface area (Å²) < 4.78 is 0. The molecule has 0 spiro atoms. The van der Waals surface area contributed by atoms with Crippen LogP contribution in [0.25, 0.3) is 5.53 Å². The Labute approximate surface area is 145 Å². The van der Waals surface area contributed by atoms with E-state index in [1.807, 2.05) is 18.2 Å². The molecule has 0 saturated carbocycles. The molecule has 0 aromatic heterocycles. The van der Waals surface area contributed by atoms with Crippen molar-refractivity contribution >= 4 is 11.5 Å². The van der Waals surface area contributed by atoms with Gasteiger partial charge in [0.05, 0.1) is 12.5 Å². The Morgan fingerprint density at radius 3 is 2.62 bits per heavy atom. The molecule has 0 bridgehead atoms. The summed E-state index contributed by atoms with van der Waals surface area (Å²) >= 11 is 0. The highest BCUT2D eigenvalue weighted by molar-refractivity contribution is 6.37. The number of aliphatic hydroxyl groups is 1.